The lowest BCUT2D eigenvalue weighted by molar-refractivity contribution is -0.130. The number of hydrogen-bond acceptors (Lipinski definition) is 2. The first-order valence-electron chi connectivity index (χ1n) is 8.19. The van der Waals surface area contributed by atoms with E-state index in [-0.39, 0.29) is 16.6 Å². The SMILES string of the molecule is [C-]#[N+]C1=C[C@]2(C)c3nn(C)cc3CC[C@H]2C2(CCCC2)C1=O. The van der Waals surface area contributed by atoms with E-state index >= 15 is 0 Å². The van der Waals surface area contributed by atoms with Crippen molar-refractivity contribution < 1.29 is 4.79 Å². The molecule has 22 heavy (non-hydrogen) atoms. The van der Waals surface area contributed by atoms with Gasteiger partial charge in [-0.2, -0.15) is 5.10 Å². The molecule has 1 saturated carbocycles. The number of fused-ring (bicyclic) bond motifs is 4. The average molecular weight is 295 g/mol. The number of ketones is 1. The zero-order chi connectivity index (χ0) is 15.5. The maximum Gasteiger partial charge on any atom is 0.226 e. The molecule has 1 aromatic heterocycles. The highest BCUT2D eigenvalue weighted by molar-refractivity contribution is 6.03. The first kappa shape index (κ1) is 13.8. The molecule has 1 fully saturated rings. The molecule has 0 radical (unpaired) electrons. The van der Waals surface area contributed by atoms with Crippen LogP contribution in [-0.4, -0.2) is 15.6 Å². The molecule has 0 aliphatic heterocycles. The molecule has 4 heteroatoms. The molecule has 0 saturated heterocycles. The van der Waals surface area contributed by atoms with Gasteiger partial charge in [-0.15, -0.1) is 0 Å². The second kappa shape index (κ2) is 4.32. The van der Waals surface area contributed by atoms with Crippen LogP contribution in [0.25, 0.3) is 4.85 Å². The molecule has 2 atom stereocenters. The highest BCUT2D eigenvalue weighted by Crippen LogP contribution is 2.60. The summed E-state index contributed by atoms with van der Waals surface area (Å²) >= 11 is 0. The van der Waals surface area contributed by atoms with Crippen molar-refractivity contribution in [2.45, 2.75) is 50.9 Å². The Labute approximate surface area is 131 Å². The summed E-state index contributed by atoms with van der Waals surface area (Å²) in [6, 6.07) is 0. The topological polar surface area (TPSA) is 39.2 Å². The fourth-order valence-electron chi connectivity index (χ4n) is 5.39. The molecule has 1 heterocycles. The minimum absolute atomic E-state index is 0.113. The summed E-state index contributed by atoms with van der Waals surface area (Å²) in [4.78, 5) is 16.6. The molecule has 0 unspecified atom stereocenters. The first-order valence-corrected chi connectivity index (χ1v) is 8.19. The fourth-order valence-corrected chi connectivity index (χ4v) is 5.39. The normalized spacial score (nSPS) is 32.3. The fraction of sp³-hybridized carbons (Fsp3) is 0.611. The number of aromatic nitrogens is 2. The van der Waals surface area contributed by atoms with Gasteiger partial charge in [0.25, 0.3) is 0 Å². The van der Waals surface area contributed by atoms with Crippen molar-refractivity contribution in [3.63, 3.8) is 0 Å². The zero-order valence-electron chi connectivity index (χ0n) is 13.2. The lowest BCUT2D eigenvalue weighted by Crippen LogP contribution is -2.52. The molecule has 1 spiro atoms. The lowest BCUT2D eigenvalue weighted by atomic mass is 9.51. The number of aryl methyl sites for hydroxylation is 2. The quantitative estimate of drug-likeness (QED) is 0.690. The van der Waals surface area contributed by atoms with Gasteiger partial charge in [0.2, 0.25) is 5.70 Å². The molecule has 3 aliphatic carbocycles. The standard InChI is InChI=1S/C18H21N3O/c1-17-10-13(19-2)16(22)18(8-4-5-9-18)14(17)7-6-12-11-21(3)20-15(12)17/h10-11,14H,4-9H2,1,3H3/t14-,17+/m1/s1. The number of nitrogens with zero attached hydrogens (tertiary/aromatic N) is 3. The van der Waals surface area contributed by atoms with Gasteiger partial charge in [-0.05, 0) is 37.2 Å². The second-order valence-electron chi connectivity index (χ2n) is 7.38. The van der Waals surface area contributed by atoms with Crippen LogP contribution in [0.5, 0.6) is 0 Å². The minimum atomic E-state index is -0.307. The van der Waals surface area contributed by atoms with Crippen LogP contribution in [0.15, 0.2) is 18.0 Å². The van der Waals surface area contributed by atoms with Crippen molar-refractivity contribution in [1.82, 2.24) is 9.78 Å². The minimum Gasteiger partial charge on any atom is -0.307 e. The summed E-state index contributed by atoms with van der Waals surface area (Å²) < 4.78 is 1.88. The Kier molecular flexibility index (Phi) is 2.70. The Morgan fingerprint density at radius 1 is 1.41 bits per heavy atom. The van der Waals surface area contributed by atoms with Crippen molar-refractivity contribution >= 4 is 5.78 Å². The smallest absolute Gasteiger partial charge is 0.226 e. The summed E-state index contributed by atoms with van der Waals surface area (Å²) in [6.45, 7) is 9.66. The second-order valence-corrected chi connectivity index (χ2v) is 7.38. The Bertz CT molecular complexity index is 730. The predicted molar refractivity (Wildman–Crippen MR) is 83.0 cm³/mol. The third-order valence-electron chi connectivity index (χ3n) is 6.25. The van der Waals surface area contributed by atoms with Crippen LogP contribution >= 0.6 is 0 Å². The van der Waals surface area contributed by atoms with E-state index < -0.39 is 0 Å². The third-order valence-corrected chi connectivity index (χ3v) is 6.25. The van der Waals surface area contributed by atoms with Crippen molar-refractivity contribution in [1.29, 1.82) is 0 Å². The average Bonchev–Trinajstić information content (AvgIpc) is 3.11. The molecule has 0 aromatic carbocycles. The van der Waals surface area contributed by atoms with Gasteiger partial charge < -0.3 is 4.79 Å². The van der Waals surface area contributed by atoms with Gasteiger partial charge in [-0.3, -0.25) is 4.68 Å². The van der Waals surface area contributed by atoms with E-state index in [1.54, 1.807) is 0 Å². The Morgan fingerprint density at radius 2 is 2.14 bits per heavy atom. The van der Waals surface area contributed by atoms with Crippen molar-refractivity contribution in [3.8, 4) is 0 Å². The number of carbonyl (C=O) groups excluding carboxylic acids is 1. The van der Waals surface area contributed by atoms with E-state index in [1.807, 2.05) is 17.8 Å². The van der Waals surface area contributed by atoms with Crippen LogP contribution in [0.4, 0.5) is 0 Å². The van der Waals surface area contributed by atoms with E-state index in [0.29, 0.717) is 11.6 Å². The molecule has 0 N–H and O–H groups in total. The molecule has 3 aliphatic rings. The van der Waals surface area contributed by atoms with Crippen LogP contribution in [0.2, 0.25) is 0 Å². The number of rotatable bonds is 0. The van der Waals surface area contributed by atoms with Gasteiger partial charge in [0.05, 0.1) is 12.3 Å². The van der Waals surface area contributed by atoms with Gasteiger partial charge in [-0.1, -0.05) is 25.8 Å². The van der Waals surface area contributed by atoms with E-state index in [2.05, 4.69) is 18.0 Å². The molecule has 4 rings (SSSR count). The Balaban J connectivity index is 1.97. The van der Waals surface area contributed by atoms with Gasteiger partial charge in [-0.25, -0.2) is 4.85 Å². The maximum absolute atomic E-state index is 13.0. The first-order chi connectivity index (χ1) is 10.5. The van der Waals surface area contributed by atoms with E-state index in [1.165, 1.54) is 5.56 Å². The number of carbonyl (C=O) groups is 1. The summed E-state index contributed by atoms with van der Waals surface area (Å²) in [6.07, 6.45) is 10.2. The zero-order valence-corrected chi connectivity index (χ0v) is 13.2. The van der Waals surface area contributed by atoms with Crippen LogP contribution in [0.1, 0.15) is 50.3 Å². The summed E-state index contributed by atoms with van der Waals surface area (Å²) in [5.74, 6) is 0.407. The Hall–Kier alpha value is -1.89. The molecule has 0 bridgehead atoms. The van der Waals surface area contributed by atoms with Crippen LogP contribution < -0.4 is 0 Å². The molecular weight excluding hydrogens is 274 g/mol. The van der Waals surface area contributed by atoms with Crippen molar-refractivity contribution in [2.75, 3.05) is 0 Å². The van der Waals surface area contributed by atoms with Gasteiger partial charge in [0.15, 0.2) is 5.78 Å². The van der Waals surface area contributed by atoms with Crippen molar-refractivity contribution in [3.05, 3.63) is 40.6 Å². The summed E-state index contributed by atoms with van der Waals surface area (Å²) in [7, 11) is 1.95. The highest BCUT2D eigenvalue weighted by Gasteiger charge is 2.59. The predicted octanol–water partition coefficient (Wildman–Crippen LogP) is 3.19. The van der Waals surface area contributed by atoms with E-state index in [4.69, 9.17) is 11.7 Å². The number of allylic oxidation sites excluding steroid dienone is 2. The van der Waals surface area contributed by atoms with E-state index in [9.17, 15) is 4.79 Å². The molecule has 4 nitrogen and oxygen atoms in total. The number of Topliss-reactive ketones (excluding diaryl/α,β-unsaturated/α-hetero) is 1. The van der Waals surface area contributed by atoms with Crippen LogP contribution in [-0.2, 0) is 23.7 Å². The maximum atomic E-state index is 13.0. The van der Waals surface area contributed by atoms with Crippen LogP contribution in [0, 0.1) is 17.9 Å². The number of hydrogen-bond donors (Lipinski definition) is 0. The van der Waals surface area contributed by atoms with Crippen molar-refractivity contribution in [2.24, 2.45) is 18.4 Å². The van der Waals surface area contributed by atoms with Gasteiger partial charge in [0, 0.05) is 24.1 Å². The van der Waals surface area contributed by atoms with Crippen LogP contribution in [0.3, 0.4) is 0 Å². The molecular formula is C18H21N3O. The molecule has 1 aromatic rings. The summed E-state index contributed by atoms with van der Waals surface area (Å²) in [5.41, 5.74) is 2.14. The third kappa shape index (κ3) is 1.52. The van der Waals surface area contributed by atoms with Gasteiger partial charge >= 0.3 is 0 Å². The molecule has 0 amide bonds. The largest absolute Gasteiger partial charge is 0.307 e. The van der Waals surface area contributed by atoms with E-state index in [0.717, 1.165) is 44.2 Å². The monoisotopic (exact) mass is 295 g/mol. The Morgan fingerprint density at radius 3 is 2.82 bits per heavy atom. The summed E-state index contributed by atoms with van der Waals surface area (Å²) in [5, 5.41) is 4.71. The van der Waals surface area contributed by atoms with Gasteiger partial charge in [0.1, 0.15) is 0 Å². The highest BCUT2D eigenvalue weighted by atomic mass is 16.1. The lowest BCUT2D eigenvalue weighted by Gasteiger charge is -2.51. The molecule has 114 valence electrons.